The van der Waals surface area contributed by atoms with E-state index in [2.05, 4.69) is 24.1 Å². The van der Waals surface area contributed by atoms with E-state index in [1.54, 1.807) is 18.4 Å². The number of rotatable bonds is 6. The van der Waals surface area contributed by atoms with Gasteiger partial charge in [0.25, 0.3) is 0 Å². The highest BCUT2D eigenvalue weighted by Crippen LogP contribution is 2.19. The minimum Gasteiger partial charge on any atom is -0.465 e. The molecule has 5 heteroatoms. The largest absolute Gasteiger partial charge is 0.465 e. The third kappa shape index (κ3) is 4.44. The SMILES string of the molecule is CCC(C)(CNC(=O)/C=C/c1ccco1)N1CCOCC1. The first-order valence-corrected chi connectivity index (χ1v) is 7.46. The van der Waals surface area contributed by atoms with E-state index in [1.807, 2.05) is 6.07 Å². The lowest BCUT2D eigenvalue weighted by Gasteiger charge is -2.42. The van der Waals surface area contributed by atoms with Gasteiger partial charge in [-0.3, -0.25) is 9.69 Å². The summed E-state index contributed by atoms with van der Waals surface area (Å²) in [5.41, 5.74) is -0.0298. The fourth-order valence-corrected chi connectivity index (χ4v) is 2.44. The molecule has 1 fully saturated rings. The summed E-state index contributed by atoms with van der Waals surface area (Å²) in [5, 5.41) is 2.98. The van der Waals surface area contributed by atoms with Crippen LogP contribution in [-0.4, -0.2) is 49.2 Å². The zero-order valence-electron chi connectivity index (χ0n) is 12.8. The average molecular weight is 292 g/mol. The van der Waals surface area contributed by atoms with E-state index in [0.29, 0.717) is 12.3 Å². The quantitative estimate of drug-likeness (QED) is 0.814. The number of nitrogens with zero attached hydrogens (tertiary/aromatic N) is 1. The standard InChI is InChI=1S/C16H24N2O3/c1-3-16(2,18-8-11-20-12-9-18)13-17-15(19)7-6-14-5-4-10-21-14/h4-7,10H,3,8-9,11-13H2,1-2H3,(H,17,19)/b7-6+. The zero-order chi connectivity index (χ0) is 15.1. The smallest absolute Gasteiger partial charge is 0.244 e. The lowest BCUT2D eigenvalue weighted by molar-refractivity contribution is -0.117. The summed E-state index contributed by atoms with van der Waals surface area (Å²) in [6.45, 7) is 8.34. The lowest BCUT2D eigenvalue weighted by Crippen LogP contribution is -2.56. The number of nitrogens with one attached hydrogen (secondary N) is 1. The maximum absolute atomic E-state index is 11.9. The Kier molecular flexibility index (Phi) is 5.59. The highest BCUT2D eigenvalue weighted by molar-refractivity contribution is 5.91. The van der Waals surface area contributed by atoms with E-state index in [-0.39, 0.29) is 11.4 Å². The van der Waals surface area contributed by atoms with Gasteiger partial charge in [-0.2, -0.15) is 0 Å². The highest BCUT2D eigenvalue weighted by atomic mass is 16.5. The monoisotopic (exact) mass is 292 g/mol. The second-order valence-corrected chi connectivity index (χ2v) is 5.52. The summed E-state index contributed by atoms with van der Waals surface area (Å²) >= 11 is 0. The maximum atomic E-state index is 11.9. The number of ether oxygens (including phenoxy) is 1. The molecule has 0 spiro atoms. The van der Waals surface area contributed by atoms with Gasteiger partial charge in [-0.1, -0.05) is 6.92 Å². The van der Waals surface area contributed by atoms with Gasteiger partial charge in [0.1, 0.15) is 5.76 Å². The lowest BCUT2D eigenvalue weighted by atomic mass is 9.95. The van der Waals surface area contributed by atoms with Crippen molar-refractivity contribution in [1.82, 2.24) is 10.2 Å². The molecule has 1 N–H and O–H groups in total. The molecule has 1 unspecified atom stereocenters. The van der Waals surface area contributed by atoms with E-state index in [9.17, 15) is 4.79 Å². The number of hydrogen-bond acceptors (Lipinski definition) is 4. The number of furan rings is 1. The molecule has 1 aromatic rings. The molecule has 0 aromatic carbocycles. The minimum absolute atomic E-state index is 0.0298. The minimum atomic E-state index is -0.0978. The van der Waals surface area contributed by atoms with Crippen molar-refractivity contribution in [3.8, 4) is 0 Å². The predicted octanol–water partition coefficient (Wildman–Crippen LogP) is 1.91. The predicted molar refractivity (Wildman–Crippen MR) is 81.8 cm³/mol. The molecule has 0 radical (unpaired) electrons. The molecule has 1 aliphatic heterocycles. The third-order valence-corrected chi connectivity index (χ3v) is 4.12. The Hall–Kier alpha value is -1.59. The first kappa shape index (κ1) is 15.8. The van der Waals surface area contributed by atoms with Crippen LogP contribution in [0.25, 0.3) is 6.08 Å². The molecule has 21 heavy (non-hydrogen) atoms. The van der Waals surface area contributed by atoms with Gasteiger partial charge in [0, 0.05) is 31.2 Å². The fourth-order valence-electron chi connectivity index (χ4n) is 2.44. The number of carbonyl (C=O) groups is 1. The van der Waals surface area contributed by atoms with Crippen LogP contribution in [0.2, 0.25) is 0 Å². The molecule has 1 aliphatic rings. The summed E-state index contributed by atoms with van der Waals surface area (Å²) in [6, 6.07) is 3.61. The second-order valence-electron chi connectivity index (χ2n) is 5.52. The normalized spacial score (nSPS) is 19.5. The summed E-state index contributed by atoms with van der Waals surface area (Å²) in [7, 11) is 0. The Morgan fingerprint density at radius 1 is 1.48 bits per heavy atom. The number of morpholine rings is 1. The summed E-state index contributed by atoms with van der Waals surface area (Å²) in [6.07, 6.45) is 5.75. The van der Waals surface area contributed by atoms with Gasteiger partial charge in [0.15, 0.2) is 0 Å². The Labute approximate surface area is 125 Å². The van der Waals surface area contributed by atoms with Crippen molar-refractivity contribution in [3.63, 3.8) is 0 Å². The van der Waals surface area contributed by atoms with Crippen LogP contribution < -0.4 is 5.32 Å². The first-order valence-electron chi connectivity index (χ1n) is 7.46. The Balaban J connectivity index is 1.85. The molecule has 116 valence electrons. The van der Waals surface area contributed by atoms with E-state index in [1.165, 1.54) is 6.08 Å². The molecule has 0 aliphatic carbocycles. The van der Waals surface area contributed by atoms with Crippen molar-refractivity contribution in [2.24, 2.45) is 0 Å². The van der Waals surface area contributed by atoms with Gasteiger partial charge in [0.2, 0.25) is 5.91 Å². The Morgan fingerprint density at radius 2 is 2.24 bits per heavy atom. The third-order valence-electron chi connectivity index (χ3n) is 4.12. The fraction of sp³-hybridized carbons (Fsp3) is 0.562. The van der Waals surface area contributed by atoms with E-state index >= 15 is 0 Å². The molecule has 1 aromatic heterocycles. The molecule has 2 heterocycles. The average Bonchev–Trinajstić information content (AvgIpc) is 3.05. The van der Waals surface area contributed by atoms with Crippen molar-refractivity contribution >= 4 is 12.0 Å². The molecule has 1 saturated heterocycles. The van der Waals surface area contributed by atoms with Crippen LogP contribution in [-0.2, 0) is 9.53 Å². The molecule has 5 nitrogen and oxygen atoms in total. The van der Waals surface area contributed by atoms with Crippen molar-refractivity contribution < 1.29 is 13.9 Å². The van der Waals surface area contributed by atoms with Gasteiger partial charge in [0.05, 0.1) is 19.5 Å². The molecule has 0 saturated carbocycles. The summed E-state index contributed by atoms with van der Waals surface area (Å²) in [5.74, 6) is 0.580. The second kappa shape index (κ2) is 7.43. The van der Waals surface area contributed by atoms with E-state index in [4.69, 9.17) is 9.15 Å². The maximum Gasteiger partial charge on any atom is 0.244 e. The van der Waals surface area contributed by atoms with Crippen molar-refractivity contribution in [2.75, 3.05) is 32.8 Å². The van der Waals surface area contributed by atoms with Crippen LogP contribution in [0.4, 0.5) is 0 Å². The Bertz CT molecular complexity index is 464. The van der Waals surface area contributed by atoms with Crippen LogP contribution in [0.5, 0.6) is 0 Å². The highest BCUT2D eigenvalue weighted by Gasteiger charge is 2.31. The van der Waals surface area contributed by atoms with Crippen LogP contribution >= 0.6 is 0 Å². The summed E-state index contributed by atoms with van der Waals surface area (Å²) in [4.78, 5) is 14.3. The van der Waals surface area contributed by atoms with Crippen LogP contribution in [0, 0.1) is 0 Å². The molecule has 1 atom stereocenters. The number of amides is 1. The molecule has 0 bridgehead atoms. The van der Waals surface area contributed by atoms with Crippen molar-refractivity contribution in [3.05, 3.63) is 30.2 Å². The van der Waals surface area contributed by atoms with Crippen LogP contribution in [0.1, 0.15) is 26.0 Å². The molecular formula is C16H24N2O3. The molecular weight excluding hydrogens is 268 g/mol. The van der Waals surface area contributed by atoms with Crippen molar-refractivity contribution in [2.45, 2.75) is 25.8 Å². The zero-order valence-corrected chi connectivity index (χ0v) is 12.8. The van der Waals surface area contributed by atoms with Crippen LogP contribution in [0.15, 0.2) is 28.9 Å². The number of carbonyl (C=O) groups excluding carboxylic acids is 1. The van der Waals surface area contributed by atoms with Crippen molar-refractivity contribution in [1.29, 1.82) is 0 Å². The summed E-state index contributed by atoms with van der Waals surface area (Å²) < 4.78 is 10.6. The van der Waals surface area contributed by atoms with Gasteiger partial charge < -0.3 is 14.5 Å². The van der Waals surface area contributed by atoms with E-state index in [0.717, 1.165) is 32.7 Å². The molecule has 1 amide bonds. The van der Waals surface area contributed by atoms with Gasteiger partial charge in [-0.25, -0.2) is 0 Å². The number of hydrogen-bond donors (Lipinski definition) is 1. The van der Waals surface area contributed by atoms with Crippen LogP contribution in [0.3, 0.4) is 0 Å². The topological polar surface area (TPSA) is 54.7 Å². The van der Waals surface area contributed by atoms with Gasteiger partial charge >= 0.3 is 0 Å². The molecule has 2 rings (SSSR count). The van der Waals surface area contributed by atoms with Gasteiger partial charge in [-0.05, 0) is 31.6 Å². The Morgan fingerprint density at radius 3 is 2.86 bits per heavy atom. The first-order chi connectivity index (χ1) is 10.1. The van der Waals surface area contributed by atoms with E-state index < -0.39 is 0 Å². The van der Waals surface area contributed by atoms with Gasteiger partial charge in [-0.15, -0.1) is 0 Å².